The number of ether oxygens (including phenoxy) is 2. The SMILES string of the molecule is N#CC1=C(N)Oc2cc(OC(=O)c3ccccc3Br)ccc2C1c1cccc2ccccc12. The Morgan fingerprint density at radius 3 is 2.55 bits per heavy atom. The van der Waals surface area contributed by atoms with Gasteiger partial charge < -0.3 is 15.2 Å². The van der Waals surface area contributed by atoms with Gasteiger partial charge in [-0.05, 0) is 50.5 Å². The van der Waals surface area contributed by atoms with E-state index < -0.39 is 11.9 Å². The molecule has 0 saturated heterocycles. The van der Waals surface area contributed by atoms with Crippen molar-refractivity contribution in [1.29, 1.82) is 5.26 Å². The van der Waals surface area contributed by atoms with Gasteiger partial charge in [0.2, 0.25) is 5.88 Å². The molecule has 4 aromatic carbocycles. The van der Waals surface area contributed by atoms with Crippen LogP contribution in [0.1, 0.15) is 27.4 Å². The lowest BCUT2D eigenvalue weighted by molar-refractivity contribution is 0.0733. The molecule has 0 spiro atoms. The third kappa shape index (κ3) is 3.73. The summed E-state index contributed by atoms with van der Waals surface area (Å²) in [5.41, 5.74) is 8.65. The second-order valence-electron chi connectivity index (χ2n) is 7.56. The average molecular weight is 497 g/mol. The second-order valence-corrected chi connectivity index (χ2v) is 8.42. The lowest BCUT2D eigenvalue weighted by Gasteiger charge is -2.27. The molecule has 6 heteroatoms. The first-order valence-corrected chi connectivity index (χ1v) is 11.0. The summed E-state index contributed by atoms with van der Waals surface area (Å²) >= 11 is 3.37. The largest absolute Gasteiger partial charge is 0.440 e. The van der Waals surface area contributed by atoms with Crippen molar-refractivity contribution in [2.75, 3.05) is 0 Å². The lowest BCUT2D eigenvalue weighted by atomic mass is 9.81. The number of allylic oxidation sites excluding steroid dienone is 1. The summed E-state index contributed by atoms with van der Waals surface area (Å²) in [4.78, 5) is 12.6. The van der Waals surface area contributed by atoms with Crippen LogP contribution in [0.5, 0.6) is 11.5 Å². The van der Waals surface area contributed by atoms with Gasteiger partial charge in [-0.15, -0.1) is 0 Å². The first-order chi connectivity index (χ1) is 16.1. The lowest BCUT2D eigenvalue weighted by Crippen LogP contribution is -2.21. The van der Waals surface area contributed by atoms with E-state index in [2.05, 4.69) is 22.0 Å². The number of fused-ring (bicyclic) bond motifs is 2. The molecule has 0 aliphatic carbocycles. The summed E-state index contributed by atoms with van der Waals surface area (Å²) in [6.07, 6.45) is 0. The van der Waals surface area contributed by atoms with Crippen molar-refractivity contribution in [1.82, 2.24) is 0 Å². The first-order valence-electron chi connectivity index (χ1n) is 10.2. The number of nitriles is 1. The van der Waals surface area contributed by atoms with Gasteiger partial charge in [0, 0.05) is 16.1 Å². The molecule has 1 heterocycles. The zero-order valence-corrected chi connectivity index (χ0v) is 18.9. The minimum atomic E-state index is -0.495. The molecule has 33 heavy (non-hydrogen) atoms. The standard InChI is InChI=1S/C27H17BrN2O3/c28-23-11-4-3-9-20(23)27(31)32-17-12-13-21-24(14-17)33-26(30)22(15-29)25(21)19-10-5-7-16-6-1-2-8-18(16)19/h1-14,25H,30H2. The maximum atomic E-state index is 12.6. The highest BCUT2D eigenvalue weighted by Crippen LogP contribution is 2.45. The molecular formula is C27H17BrN2O3. The van der Waals surface area contributed by atoms with Crippen molar-refractivity contribution in [2.24, 2.45) is 5.73 Å². The van der Waals surface area contributed by atoms with Gasteiger partial charge in [0.15, 0.2) is 0 Å². The highest BCUT2D eigenvalue weighted by atomic mass is 79.9. The molecule has 0 aromatic heterocycles. The van der Waals surface area contributed by atoms with E-state index in [-0.39, 0.29) is 5.88 Å². The summed E-state index contributed by atoms with van der Waals surface area (Å²) in [5, 5.41) is 12.0. The molecule has 1 aliphatic heterocycles. The molecule has 0 amide bonds. The Balaban J connectivity index is 1.58. The number of nitrogens with two attached hydrogens (primary N) is 1. The third-order valence-corrected chi connectivity index (χ3v) is 6.32. The van der Waals surface area contributed by atoms with Gasteiger partial charge in [-0.1, -0.05) is 60.7 Å². The van der Waals surface area contributed by atoms with Crippen LogP contribution in [0.2, 0.25) is 0 Å². The fourth-order valence-electron chi connectivity index (χ4n) is 4.11. The Bertz CT molecular complexity index is 1480. The van der Waals surface area contributed by atoms with E-state index in [9.17, 15) is 10.1 Å². The molecular weight excluding hydrogens is 480 g/mol. The van der Waals surface area contributed by atoms with Crippen LogP contribution >= 0.6 is 15.9 Å². The number of rotatable bonds is 3. The summed E-state index contributed by atoms with van der Waals surface area (Å²) in [7, 11) is 0. The fraction of sp³-hybridized carbons (Fsp3) is 0.0370. The number of hydrogen-bond acceptors (Lipinski definition) is 5. The number of esters is 1. The quantitative estimate of drug-likeness (QED) is 0.276. The van der Waals surface area contributed by atoms with Crippen LogP contribution in [-0.2, 0) is 0 Å². The minimum Gasteiger partial charge on any atom is -0.440 e. The summed E-state index contributed by atoms with van der Waals surface area (Å²) in [6, 6.07) is 28.4. The van der Waals surface area contributed by atoms with Gasteiger partial charge in [-0.2, -0.15) is 5.26 Å². The minimum absolute atomic E-state index is 0.0391. The van der Waals surface area contributed by atoms with Gasteiger partial charge in [-0.25, -0.2) is 4.79 Å². The highest BCUT2D eigenvalue weighted by molar-refractivity contribution is 9.10. The van der Waals surface area contributed by atoms with Crippen LogP contribution in [0.3, 0.4) is 0 Å². The van der Waals surface area contributed by atoms with Crippen LogP contribution in [0.4, 0.5) is 0 Å². The summed E-state index contributed by atoms with van der Waals surface area (Å²) < 4.78 is 12.0. The van der Waals surface area contributed by atoms with Crippen LogP contribution in [0, 0.1) is 11.3 Å². The molecule has 2 N–H and O–H groups in total. The Morgan fingerprint density at radius 1 is 0.970 bits per heavy atom. The number of hydrogen-bond donors (Lipinski definition) is 1. The van der Waals surface area contributed by atoms with E-state index >= 15 is 0 Å². The van der Waals surface area contributed by atoms with E-state index in [0.717, 1.165) is 21.9 Å². The Hall–Kier alpha value is -4.08. The van der Waals surface area contributed by atoms with Crippen molar-refractivity contribution in [3.63, 3.8) is 0 Å². The molecule has 160 valence electrons. The molecule has 5 rings (SSSR count). The predicted octanol–water partition coefficient (Wildman–Crippen LogP) is 6.04. The number of carbonyl (C=O) groups is 1. The molecule has 0 bridgehead atoms. The van der Waals surface area contributed by atoms with Crippen LogP contribution in [0.15, 0.2) is 101 Å². The van der Waals surface area contributed by atoms with Gasteiger partial charge in [0.1, 0.15) is 23.1 Å². The fourth-order valence-corrected chi connectivity index (χ4v) is 4.56. The van der Waals surface area contributed by atoms with Gasteiger partial charge in [0.25, 0.3) is 0 Å². The van der Waals surface area contributed by atoms with Crippen molar-refractivity contribution in [2.45, 2.75) is 5.92 Å². The molecule has 1 atom stereocenters. The van der Waals surface area contributed by atoms with Gasteiger partial charge in [-0.3, -0.25) is 0 Å². The van der Waals surface area contributed by atoms with Crippen LogP contribution in [0.25, 0.3) is 10.8 Å². The maximum absolute atomic E-state index is 12.6. The monoisotopic (exact) mass is 496 g/mol. The van der Waals surface area contributed by atoms with Gasteiger partial charge >= 0.3 is 5.97 Å². The van der Waals surface area contributed by atoms with Crippen molar-refractivity contribution in [3.05, 3.63) is 118 Å². The molecule has 1 unspecified atom stereocenters. The second kappa shape index (κ2) is 8.45. The van der Waals surface area contributed by atoms with Crippen molar-refractivity contribution < 1.29 is 14.3 Å². The molecule has 0 saturated carbocycles. The zero-order valence-electron chi connectivity index (χ0n) is 17.3. The van der Waals surface area contributed by atoms with Crippen LogP contribution < -0.4 is 15.2 Å². The van der Waals surface area contributed by atoms with Crippen LogP contribution in [-0.4, -0.2) is 5.97 Å². The van der Waals surface area contributed by atoms with E-state index in [1.54, 1.807) is 30.3 Å². The molecule has 5 nitrogen and oxygen atoms in total. The summed E-state index contributed by atoms with van der Waals surface area (Å²) in [5.74, 6) is -0.0959. The smallest absolute Gasteiger partial charge is 0.344 e. The number of nitrogens with zero attached hydrogens (tertiary/aromatic N) is 1. The van der Waals surface area contributed by atoms with Crippen molar-refractivity contribution >= 4 is 32.7 Å². The summed E-state index contributed by atoms with van der Waals surface area (Å²) in [6.45, 7) is 0. The maximum Gasteiger partial charge on any atom is 0.344 e. The predicted molar refractivity (Wildman–Crippen MR) is 129 cm³/mol. The normalized spacial score (nSPS) is 14.8. The third-order valence-electron chi connectivity index (χ3n) is 5.63. The Morgan fingerprint density at radius 2 is 1.73 bits per heavy atom. The molecule has 4 aromatic rings. The Kier molecular flexibility index (Phi) is 5.33. The molecule has 0 radical (unpaired) electrons. The average Bonchev–Trinajstić information content (AvgIpc) is 2.83. The van der Waals surface area contributed by atoms with E-state index in [0.29, 0.717) is 27.1 Å². The van der Waals surface area contributed by atoms with Crippen molar-refractivity contribution in [3.8, 4) is 17.6 Å². The van der Waals surface area contributed by atoms with Gasteiger partial charge in [0.05, 0.1) is 11.5 Å². The Labute approximate surface area is 198 Å². The number of benzene rings is 4. The van der Waals surface area contributed by atoms with E-state index in [4.69, 9.17) is 15.2 Å². The topological polar surface area (TPSA) is 85.3 Å². The van der Waals surface area contributed by atoms with E-state index in [1.807, 2.05) is 54.6 Å². The molecule has 1 aliphatic rings. The number of carbonyl (C=O) groups excluding carboxylic acids is 1. The first kappa shape index (κ1) is 20.8. The highest BCUT2D eigenvalue weighted by Gasteiger charge is 2.32. The zero-order chi connectivity index (χ0) is 22.9. The number of halogens is 1. The van der Waals surface area contributed by atoms with E-state index in [1.165, 1.54) is 0 Å². The molecule has 0 fully saturated rings.